The maximum atomic E-state index is 10.4. The molecule has 0 aliphatic heterocycles. The van der Waals surface area contributed by atoms with E-state index in [1.165, 1.54) is 0 Å². The second kappa shape index (κ2) is 3.23. The minimum Gasteiger partial charge on any atom is -0.360 e. The van der Waals surface area contributed by atoms with Crippen LogP contribution in [0, 0.1) is 0 Å². The summed E-state index contributed by atoms with van der Waals surface area (Å²) >= 11 is 0. The first-order chi connectivity index (χ1) is 6.40. The number of carbonyl (C=O) groups is 1. The van der Waals surface area contributed by atoms with Crippen molar-refractivity contribution in [3.63, 3.8) is 0 Å². The molecule has 2 rings (SSSR count). The second-order valence-corrected chi connectivity index (χ2v) is 2.71. The number of nitrogens with zero attached hydrogens (tertiary/aromatic N) is 1. The lowest BCUT2D eigenvalue weighted by atomic mass is 10.2. The molecule has 0 aromatic carbocycles. The largest absolute Gasteiger partial charge is 0.360 e. The van der Waals surface area contributed by atoms with E-state index in [0.717, 1.165) is 17.5 Å². The number of aromatic nitrogens is 2. The van der Waals surface area contributed by atoms with Gasteiger partial charge in [0.2, 0.25) is 0 Å². The molecule has 0 bridgehead atoms. The van der Waals surface area contributed by atoms with Crippen LogP contribution in [-0.4, -0.2) is 16.3 Å². The van der Waals surface area contributed by atoms with Crippen LogP contribution in [0.15, 0.2) is 36.8 Å². The molecular weight excluding hydrogens is 164 g/mol. The van der Waals surface area contributed by atoms with E-state index in [4.69, 9.17) is 0 Å². The molecule has 0 fully saturated rings. The van der Waals surface area contributed by atoms with Crippen molar-refractivity contribution in [2.45, 2.75) is 0 Å². The summed E-state index contributed by atoms with van der Waals surface area (Å²) in [6.07, 6.45) is 5.96. The van der Waals surface area contributed by atoms with Gasteiger partial charge in [-0.15, -0.1) is 0 Å². The summed E-state index contributed by atoms with van der Waals surface area (Å²) in [7, 11) is 0. The molecule has 2 heterocycles. The van der Waals surface area contributed by atoms with E-state index in [1.54, 1.807) is 24.7 Å². The molecule has 64 valence electrons. The van der Waals surface area contributed by atoms with Crippen molar-refractivity contribution in [1.29, 1.82) is 0 Å². The molecule has 2 aromatic rings. The maximum Gasteiger partial charge on any atom is 0.151 e. The fourth-order valence-electron chi connectivity index (χ4n) is 1.17. The normalized spacial score (nSPS) is 9.85. The molecule has 0 saturated carbocycles. The van der Waals surface area contributed by atoms with Crippen LogP contribution < -0.4 is 0 Å². The third-order valence-electron chi connectivity index (χ3n) is 1.81. The van der Waals surface area contributed by atoms with Gasteiger partial charge in [-0.25, -0.2) is 0 Å². The van der Waals surface area contributed by atoms with Crippen LogP contribution in [0.2, 0.25) is 0 Å². The highest BCUT2D eigenvalue weighted by Gasteiger charge is 1.99. The number of carbonyl (C=O) groups excluding carboxylic acids is 1. The van der Waals surface area contributed by atoms with Gasteiger partial charge in [-0.1, -0.05) is 0 Å². The van der Waals surface area contributed by atoms with Gasteiger partial charge in [0.25, 0.3) is 0 Å². The van der Waals surface area contributed by atoms with Gasteiger partial charge in [-0.3, -0.25) is 9.78 Å². The van der Waals surface area contributed by atoms with Crippen molar-refractivity contribution in [3.05, 3.63) is 42.4 Å². The fraction of sp³-hybridized carbons (Fsp3) is 0. The van der Waals surface area contributed by atoms with E-state index in [9.17, 15) is 4.79 Å². The molecule has 3 nitrogen and oxygen atoms in total. The van der Waals surface area contributed by atoms with Gasteiger partial charge in [0.15, 0.2) is 6.29 Å². The van der Waals surface area contributed by atoms with Crippen LogP contribution in [0.25, 0.3) is 11.3 Å². The lowest BCUT2D eigenvalue weighted by Gasteiger charge is -1.93. The summed E-state index contributed by atoms with van der Waals surface area (Å²) in [5.41, 5.74) is 2.55. The third-order valence-corrected chi connectivity index (χ3v) is 1.81. The van der Waals surface area contributed by atoms with Crippen molar-refractivity contribution in [2.75, 3.05) is 0 Å². The highest BCUT2D eigenvalue weighted by Crippen LogP contribution is 2.16. The van der Waals surface area contributed by atoms with Crippen LogP contribution in [0.5, 0.6) is 0 Å². The van der Waals surface area contributed by atoms with Gasteiger partial charge in [-0.2, -0.15) is 0 Å². The van der Waals surface area contributed by atoms with Crippen LogP contribution in [0.3, 0.4) is 0 Å². The molecule has 0 aliphatic rings. The van der Waals surface area contributed by atoms with Crippen LogP contribution >= 0.6 is 0 Å². The molecule has 0 unspecified atom stereocenters. The van der Waals surface area contributed by atoms with E-state index in [1.807, 2.05) is 12.1 Å². The molecule has 2 aromatic heterocycles. The molecule has 0 atom stereocenters. The summed E-state index contributed by atoms with van der Waals surface area (Å²) in [6.45, 7) is 0. The summed E-state index contributed by atoms with van der Waals surface area (Å²) in [6, 6.07) is 5.59. The zero-order chi connectivity index (χ0) is 9.10. The van der Waals surface area contributed by atoms with Crippen LogP contribution in [0.1, 0.15) is 10.4 Å². The minimum atomic E-state index is 0.652. The highest BCUT2D eigenvalue weighted by atomic mass is 16.1. The summed E-state index contributed by atoms with van der Waals surface area (Å²) in [5.74, 6) is 0. The lowest BCUT2D eigenvalue weighted by Crippen LogP contribution is -1.77. The zero-order valence-electron chi connectivity index (χ0n) is 6.90. The molecule has 3 heteroatoms. The molecule has 1 N–H and O–H groups in total. The summed E-state index contributed by atoms with van der Waals surface area (Å²) in [4.78, 5) is 17.4. The number of aromatic amines is 1. The average molecular weight is 172 g/mol. The number of H-pyrrole nitrogens is 1. The Balaban J connectivity index is 2.41. The van der Waals surface area contributed by atoms with Gasteiger partial charge in [0.05, 0.1) is 0 Å². The number of rotatable bonds is 2. The number of pyridine rings is 1. The Labute approximate surface area is 75.4 Å². The molecule has 0 spiro atoms. The topological polar surface area (TPSA) is 45.8 Å². The monoisotopic (exact) mass is 172 g/mol. The van der Waals surface area contributed by atoms with Crippen molar-refractivity contribution in [2.24, 2.45) is 0 Å². The van der Waals surface area contributed by atoms with E-state index in [2.05, 4.69) is 9.97 Å². The summed E-state index contributed by atoms with van der Waals surface area (Å²) in [5, 5.41) is 0. The maximum absolute atomic E-state index is 10.4. The number of nitrogens with one attached hydrogen (secondary N) is 1. The van der Waals surface area contributed by atoms with Gasteiger partial charge >= 0.3 is 0 Å². The first-order valence-electron chi connectivity index (χ1n) is 3.94. The first-order valence-corrected chi connectivity index (χ1v) is 3.94. The van der Waals surface area contributed by atoms with Crippen molar-refractivity contribution in [1.82, 2.24) is 9.97 Å². The Hall–Kier alpha value is -1.90. The number of aldehydes is 1. The van der Waals surface area contributed by atoms with Gasteiger partial charge in [0.1, 0.15) is 0 Å². The minimum absolute atomic E-state index is 0.652. The smallest absolute Gasteiger partial charge is 0.151 e. The SMILES string of the molecule is O=Cc1c[nH]c(-c2cccnc2)c1. The van der Waals surface area contributed by atoms with Crippen LogP contribution in [-0.2, 0) is 0 Å². The van der Waals surface area contributed by atoms with Crippen molar-refractivity contribution < 1.29 is 4.79 Å². The predicted octanol–water partition coefficient (Wildman–Crippen LogP) is 1.89. The molecule has 0 saturated heterocycles. The Bertz CT molecular complexity index is 406. The van der Waals surface area contributed by atoms with Gasteiger partial charge in [0, 0.05) is 35.4 Å². The zero-order valence-corrected chi connectivity index (χ0v) is 6.90. The Morgan fingerprint density at radius 1 is 1.46 bits per heavy atom. The molecule has 13 heavy (non-hydrogen) atoms. The molecular formula is C10H8N2O. The Morgan fingerprint density at radius 3 is 3.00 bits per heavy atom. The molecule has 0 aliphatic carbocycles. The Morgan fingerprint density at radius 2 is 2.38 bits per heavy atom. The standard InChI is InChI=1S/C10H8N2O/c13-7-8-4-10(12-5-8)9-2-1-3-11-6-9/h1-7,12H. The lowest BCUT2D eigenvalue weighted by molar-refractivity contribution is 0.112. The highest BCUT2D eigenvalue weighted by molar-refractivity contribution is 5.77. The summed E-state index contributed by atoms with van der Waals surface area (Å²) < 4.78 is 0. The third kappa shape index (κ3) is 1.49. The number of hydrogen-bond acceptors (Lipinski definition) is 2. The number of hydrogen-bond donors (Lipinski definition) is 1. The van der Waals surface area contributed by atoms with Crippen LogP contribution in [0.4, 0.5) is 0 Å². The van der Waals surface area contributed by atoms with Gasteiger partial charge < -0.3 is 4.98 Å². The van der Waals surface area contributed by atoms with Crippen molar-refractivity contribution in [3.8, 4) is 11.3 Å². The predicted molar refractivity (Wildman–Crippen MR) is 49.4 cm³/mol. The first kappa shape index (κ1) is 7.73. The van der Waals surface area contributed by atoms with E-state index >= 15 is 0 Å². The second-order valence-electron chi connectivity index (χ2n) is 2.71. The Kier molecular flexibility index (Phi) is 1.92. The molecule has 0 radical (unpaired) electrons. The van der Waals surface area contributed by atoms with E-state index < -0.39 is 0 Å². The average Bonchev–Trinajstić information content (AvgIpc) is 2.67. The van der Waals surface area contributed by atoms with E-state index in [-0.39, 0.29) is 0 Å². The quantitative estimate of drug-likeness (QED) is 0.703. The van der Waals surface area contributed by atoms with Crippen molar-refractivity contribution >= 4 is 6.29 Å². The van der Waals surface area contributed by atoms with Gasteiger partial charge in [-0.05, 0) is 18.2 Å². The fourth-order valence-corrected chi connectivity index (χ4v) is 1.17. The molecule has 0 amide bonds. The van der Waals surface area contributed by atoms with E-state index in [0.29, 0.717) is 5.56 Å².